The highest BCUT2D eigenvalue weighted by Gasteiger charge is 2.43. The Kier molecular flexibility index (Phi) is 5.15. The number of halogens is 5. The molecule has 0 fully saturated rings. The second kappa shape index (κ2) is 7.83. The number of aromatic nitrogens is 3. The third-order valence-corrected chi connectivity index (χ3v) is 5.86. The molecule has 1 aliphatic heterocycles. The predicted molar refractivity (Wildman–Crippen MR) is 111 cm³/mol. The van der Waals surface area contributed by atoms with Crippen molar-refractivity contribution < 1.29 is 31.4 Å². The van der Waals surface area contributed by atoms with Gasteiger partial charge in [-0.3, -0.25) is 0 Å². The molecule has 5 rings (SSSR count). The van der Waals surface area contributed by atoms with Crippen molar-refractivity contribution >= 4 is 5.82 Å². The number of fused-ring (bicyclic) bond motifs is 2. The average molecular weight is 481 g/mol. The molecule has 0 unspecified atom stereocenters. The summed E-state index contributed by atoms with van der Waals surface area (Å²) in [7, 11) is 0. The van der Waals surface area contributed by atoms with E-state index in [1.165, 1.54) is 23.0 Å². The molecule has 12 heteroatoms. The van der Waals surface area contributed by atoms with Gasteiger partial charge < -0.3 is 20.5 Å². The molecule has 2 atom stereocenters. The minimum atomic E-state index is -4.59. The van der Waals surface area contributed by atoms with E-state index in [9.17, 15) is 22.0 Å². The number of rotatable bonds is 4. The number of ether oxygens (including phenoxy) is 2. The SMILES string of the molecule is C[C@H](Nc1cc(-n2nc(C(F)(F)F)c3c2[C@@H](N)CCC3)ccn1)c1ccc2c(c1)OC(F)(F)O2. The summed E-state index contributed by atoms with van der Waals surface area (Å²) in [5, 5.41) is 6.99. The van der Waals surface area contributed by atoms with Gasteiger partial charge in [0, 0.05) is 23.9 Å². The zero-order valence-electron chi connectivity index (χ0n) is 17.9. The Hall–Kier alpha value is -3.41. The number of nitrogens with two attached hydrogens (primary N) is 1. The van der Waals surface area contributed by atoms with E-state index >= 15 is 0 Å². The molecule has 0 saturated carbocycles. The van der Waals surface area contributed by atoms with Crippen molar-refractivity contribution in [3.05, 3.63) is 59.0 Å². The molecule has 3 heterocycles. The largest absolute Gasteiger partial charge is 0.586 e. The van der Waals surface area contributed by atoms with Crippen LogP contribution in [0.15, 0.2) is 36.5 Å². The van der Waals surface area contributed by atoms with Crippen LogP contribution in [0.25, 0.3) is 5.69 Å². The Balaban J connectivity index is 1.44. The lowest BCUT2D eigenvalue weighted by Gasteiger charge is -2.21. The van der Waals surface area contributed by atoms with Crippen LogP contribution in [0.4, 0.5) is 27.8 Å². The summed E-state index contributed by atoms with van der Waals surface area (Å²) < 4.78 is 77.5. The summed E-state index contributed by atoms with van der Waals surface area (Å²) in [6.07, 6.45) is -5.48. The third-order valence-electron chi connectivity index (χ3n) is 5.86. The fraction of sp³-hybridized carbons (Fsp3) is 0.364. The molecule has 180 valence electrons. The number of hydrogen-bond donors (Lipinski definition) is 2. The van der Waals surface area contributed by atoms with Gasteiger partial charge in [0.05, 0.1) is 17.4 Å². The van der Waals surface area contributed by atoms with Crippen LogP contribution < -0.4 is 20.5 Å². The number of benzene rings is 1. The van der Waals surface area contributed by atoms with Crippen molar-refractivity contribution in [1.29, 1.82) is 0 Å². The topological polar surface area (TPSA) is 87.2 Å². The van der Waals surface area contributed by atoms with Gasteiger partial charge in [0.25, 0.3) is 0 Å². The average Bonchev–Trinajstić information content (AvgIpc) is 3.30. The van der Waals surface area contributed by atoms with Gasteiger partial charge >= 0.3 is 12.5 Å². The first-order valence-corrected chi connectivity index (χ1v) is 10.6. The summed E-state index contributed by atoms with van der Waals surface area (Å²) in [4.78, 5) is 4.23. The molecule has 0 spiro atoms. The normalized spacial score (nSPS) is 19.6. The summed E-state index contributed by atoms with van der Waals surface area (Å²) in [5.74, 6) is 0.200. The molecule has 0 amide bonds. The van der Waals surface area contributed by atoms with E-state index in [2.05, 4.69) is 24.9 Å². The van der Waals surface area contributed by atoms with Crippen LogP contribution in [0.1, 0.15) is 54.4 Å². The number of alkyl halides is 5. The van der Waals surface area contributed by atoms with Gasteiger partial charge in [-0.05, 0) is 49.9 Å². The molecule has 1 aromatic carbocycles. The Morgan fingerprint density at radius 1 is 1.18 bits per heavy atom. The number of pyridine rings is 1. The van der Waals surface area contributed by atoms with Crippen LogP contribution in [0.3, 0.4) is 0 Å². The van der Waals surface area contributed by atoms with Crippen molar-refractivity contribution in [2.45, 2.75) is 50.7 Å². The number of nitrogens with one attached hydrogen (secondary N) is 1. The maximum absolute atomic E-state index is 13.6. The first kappa shape index (κ1) is 22.4. The Morgan fingerprint density at radius 2 is 1.94 bits per heavy atom. The zero-order chi connectivity index (χ0) is 24.3. The van der Waals surface area contributed by atoms with E-state index in [0.29, 0.717) is 35.6 Å². The molecule has 2 aromatic heterocycles. The predicted octanol–water partition coefficient (Wildman–Crippen LogP) is 5.12. The van der Waals surface area contributed by atoms with Gasteiger partial charge in [-0.2, -0.15) is 18.3 Å². The molecular weight excluding hydrogens is 461 g/mol. The second-order valence-electron chi connectivity index (χ2n) is 8.26. The van der Waals surface area contributed by atoms with Crippen LogP contribution in [0, 0.1) is 0 Å². The monoisotopic (exact) mass is 481 g/mol. The van der Waals surface area contributed by atoms with Crippen molar-refractivity contribution in [2.24, 2.45) is 5.73 Å². The molecule has 0 saturated heterocycles. The van der Waals surface area contributed by atoms with Crippen LogP contribution in [0.5, 0.6) is 11.5 Å². The Labute approximate surface area is 190 Å². The van der Waals surface area contributed by atoms with Crippen molar-refractivity contribution in [2.75, 3.05) is 5.32 Å². The fourth-order valence-corrected chi connectivity index (χ4v) is 4.32. The second-order valence-corrected chi connectivity index (χ2v) is 8.26. The highest BCUT2D eigenvalue weighted by molar-refractivity contribution is 5.51. The summed E-state index contributed by atoms with van der Waals surface area (Å²) in [6, 6.07) is 6.55. The lowest BCUT2D eigenvalue weighted by molar-refractivity contribution is -0.286. The van der Waals surface area contributed by atoms with Gasteiger partial charge in [0.15, 0.2) is 17.2 Å². The zero-order valence-corrected chi connectivity index (χ0v) is 17.9. The first-order valence-electron chi connectivity index (χ1n) is 10.6. The van der Waals surface area contributed by atoms with Crippen LogP contribution in [-0.4, -0.2) is 21.1 Å². The molecule has 7 nitrogen and oxygen atoms in total. The highest BCUT2D eigenvalue weighted by Crippen LogP contribution is 2.42. The van der Waals surface area contributed by atoms with E-state index in [1.54, 1.807) is 25.1 Å². The van der Waals surface area contributed by atoms with Crippen LogP contribution in [0.2, 0.25) is 0 Å². The highest BCUT2D eigenvalue weighted by atomic mass is 19.4. The number of nitrogens with zero attached hydrogens (tertiary/aromatic N) is 3. The summed E-state index contributed by atoms with van der Waals surface area (Å²) >= 11 is 0. The molecule has 0 bridgehead atoms. The van der Waals surface area contributed by atoms with Gasteiger partial charge in [0.1, 0.15) is 5.82 Å². The minimum absolute atomic E-state index is 0.0682. The molecule has 2 aliphatic rings. The smallest absolute Gasteiger partial charge is 0.395 e. The minimum Gasteiger partial charge on any atom is -0.395 e. The molecule has 3 N–H and O–H groups in total. The van der Waals surface area contributed by atoms with E-state index in [4.69, 9.17) is 5.73 Å². The number of hydrogen-bond acceptors (Lipinski definition) is 6. The Morgan fingerprint density at radius 3 is 2.71 bits per heavy atom. The lowest BCUT2D eigenvalue weighted by atomic mass is 9.92. The van der Waals surface area contributed by atoms with Crippen molar-refractivity contribution in [3.63, 3.8) is 0 Å². The van der Waals surface area contributed by atoms with E-state index < -0.39 is 30.2 Å². The summed E-state index contributed by atoms with van der Waals surface area (Å²) in [5.41, 5.74) is 6.71. The van der Waals surface area contributed by atoms with Crippen LogP contribution in [-0.2, 0) is 12.6 Å². The maximum atomic E-state index is 13.6. The van der Waals surface area contributed by atoms with E-state index in [-0.39, 0.29) is 23.5 Å². The Bertz CT molecular complexity index is 1240. The standard InChI is InChI=1S/C22H20F5N5O2/c1-11(12-5-6-16-17(9-12)34-22(26,27)33-16)30-18-10-13(7-8-29-18)32-19-14(3-2-4-15(19)28)20(31-32)21(23,24)25/h5-11,15H,2-4,28H2,1H3,(H,29,30)/t11-,15-/m0/s1. The van der Waals surface area contributed by atoms with Crippen molar-refractivity contribution in [3.8, 4) is 17.2 Å². The van der Waals surface area contributed by atoms with Crippen molar-refractivity contribution in [1.82, 2.24) is 14.8 Å². The van der Waals surface area contributed by atoms with Gasteiger partial charge in [-0.1, -0.05) is 6.07 Å². The lowest BCUT2D eigenvalue weighted by Crippen LogP contribution is -2.25. The fourth-order valence-electron chi connectivity index (χ4n) is 4.32. The first-order chi connectivity index (χ1) is 16.0. The molecule has 1 aliphatic carbocycles. The molecular formula is C22H20F5N5O2. The van der Waals surface area contributed by atoms with Gasteiger partial charge in [0.2, 0.25) is 0 Å². The molecule has 34 heavy (non-hydrogen) atoms. The molecule has 0 radical (unpaired) electrons. The maximum Gasteiger partial charge on any atom is 0.586 e. The molecule has 3 aromatic rings. The van der Waals surface area contributed by atoms with Gasteiger partial charge in [-0.25, -0.2) is 9.67 Å². The summed E-state index contributed by atoms with van der Waals surface area (Å²) in [6.45, 7) is 1.78. The van der Waals surface area contributed by atoms with Crippen LogP contribution >= 0.6 is 0 Å². The quantitative estimate of drug-likeness (QED) is 0.504. The van der Waals surface area contributed by atoms with Gasteiger partial charge in [-0.15, -0.1) is 8.78 Å². The van der Waals surface area contributed by atoms with E-state index in [0.717, 1.165) is 0 Å². The third kappa shape index (κ3) is 4.02. The van der Waals surface area contributed by atoms with E-state index in [1.807, 2.05) is 0 Å². The number of anilines is 1.